The van der Waals surface area contributed by atoms with Crippen LogP contribution in [-0.4, -0.2) is 15.0 Å². The summed E-state index contributed by atoms with van der Waals surface area (Å²) < 4.78 is 0.841. The lowest BCUT2D eigenvalue weighted by molar-refractivity contribution is 1.05. The summed E-state index contributed by atoms with van der Waals surface area (Å²) in [5.41, 5.74) is 3.22. The van der Waals surface area contributed by atoms with Crippen LogP contribution in [0.15, 0.2) is 63.4 Å². The van der Waals surface area contributed by atoms with Crippen molar-refractivity contribution in [3.8, 4) is 11.1 Å². The molecule has 1 aliphatic heterocycles. The Bertz CT molecular complexity index is 837. The van der Waals surface area contributed by atoms with E-state index in [1.165, 1.54) is 0 Å². The van der Waals surface area contributed by atoms with Gasteiger partial charge in [-0.1, -0.05) is 23.9 Å². The lowest BCUT2D eigenvalue weighted by atomic mass is 10.1. The number of benzene rings is 1. The van der Waals surface area contributed by atoms with Crippen molar-refractivity contribution in [2.45, 2.75) is 9.92 Å². The predicted octanol–water partition coefficient (Wildman–Crippen LogP) is 4.51. The second kappa shape index (κ2) is 5.13. The molecule has 0 bridgehead atoms. The molecule has 0 aliphatic carbocycles. The van der Waals surface area contributed by atoms with Crippen LogP contribution in [-0.2, 0) is 0 Å². The molecule has 2 aromatic heterocycles. The van der Waals surface area contributed by atoms with E-state index >= 15 is 0 Å². The van der Waals surface area contributed by atoms with Crippen molar-refractivity contribution < 1.29 is 0 Å². The number of pyridine rings is 1. The van der Waals surface area contributed by atoms with Crippen molar-refractivity contribution >= 4 is 39.2 Å². The molecule has 1 aromatic carbocycles. The minimum atomic E-state index is 0.803. The number of aromatic nitrogens is 3. The molecule has 0 fully saturated rings. The maximum absolute atomic E-state index is 4.33. The van der Waals surface area contributed by atoms with Crippen LogP contribution in [0.5, 0.6) is 0 Å². The summed E-state index contributed by atoms with van der Waals surface area (Å²) in [4.78, 5) is 14.1. The molecule has 4 nitrogen and oxygen atoms in total. The Labute approximate surface area is 134 Å². The van der Waals surface area contributed by atoms with Gasteiger partial charge in [0.2, 0.25) is 0 Å². The highest BCUT2D eigenvalue weighted by Gasteiger charge is 2.18. The van der Waals surface area contributed by atoms with Crippen molar-refractivity contribution in [2.24, 2.45) is 0 Å². The number of hydrogen-bond acceptors (Lipinski definition) is 5. The third-order valence-electron chi connectivity index (χ3n) is 3.17. The first-order valence-corrected chi connectivity index (χ1v) is 7.93. The fourth-order valence-electron chi connectivity index (χ4n) is 2.20. The minimum Gasteiger partial charge on any atom is -0.337 e. The molecule has 0 saturated heterocycles. The van der Waals surface area contributed by atoms with Gasteiger partial charge in [-0.15, -0.1) is 0 Å². The topological polar surface area (TPSA) is 50.7 Å². The third-order valence-corrected chi connectivity index (χ3v) is 4.87. The van der Waals surface area contributed by atoms with Gasteiger partial charge in [0.05, 0.1) is 5.69 Å². The highest BCUT2D eigenvalue weighted by molar-refractivity contribution is 9.10. The average molecular weight is 357 g/mol. The Kier molecular flexibility index (Phi) is 3.12. The van der Waals surface area contributed by atoms with E-state index in [4.69, 9.17) is 0 Å². The maximum atomic E-state index is 4.33. The molecule has 0 unspecified atom stereocenters. The van der Waals surface area contributed by atoms with E-state index in [-0.39, 0.29) is 0 Å². The van der Waals surface area contributed by atoms with Crippen LogP contribution in [0.2, 0.25) is 0 Å². The Morgan fingerprint density at radius 1 is 1.00 bits per heavy atom. The Morgan fingerprint density at radius 2 is 1.90 bits per heavy atom. The van der Waals surface area contributed by atoms with Gasteiger partial charge in [0, 0.05) is 29.0 Å². The molecule has 1 aliphatic rings. The lowest BCUT2D eigenvalue weighted by Crippen LogP contribution is -2.03. The van der Waals surface area contributed by atoms with Crippen molar-refractivity contribution in [1.29, 1.82) is 0 Å². The summed E-state index contributed by atoms with van der Waals surface area (Å²) in [5.74, 6) is 0.803. The zero-order valence-electron chi connectivity index (χ0n) is 10.7. The third kappa shape index (κ3) is 2.30. The quantitative estimate of drug-likeness (QED) is 0.508. The molecule has 1 N–H and O–H groups in total. The number of halogens is 1. The summed E-state index contributed by atoms with van der Waals surface area (Å²) in [5, 5.41) is 4.24. The van der Waals surface area contributed by atoms with Crippen LogP contribution >= 0.6 is 27.7 Å². The van der Waals surface area contributed by atoms with E-state index in [1.807, 2.05) is 12.1 Å². The first-order valence-electron chi connectivity index (χ1n) is 6.32. The van der Waals surface area contributed by atoms with Gasteiger partial charge in [0.25, 0.3) is 0 Å². The highest BCUT2D eigenvalue weighted by Crippen LogP contribution is 2.43. The number of nitrogens with zero attached hydrogens (tertiary/aromatic N) is 3. The van der Waals surface area contributed by atoms with E-state index in [2.05, 4.69) is 54.4 Å². The number of hydrogen-bond donors (Lipinski definition) is 1. The van der Waals surface area contributed by atoms with Gasteiger partial charge in [-0.05, 0) is 39.7 Å². The van der Waals surface area contributed by atoms with Gasteiger partial charge in [-0.25, -0.2) is 15.0 Å². The minimum absolute atomic E-state index is 0.803. The summed E-state index contributed by atoms with van der Waals surface area (Å²) in [6, 6.07) is 10.3. The Balaban J connectivity index is 1.79. The summed E-state index contributed by atoms with van der Waals surface area (Å²) >= 11 is 5.12. The van der Waals surface area contributed by atoms with Crippen LogP contribution in [0.25, 0.3) is 11.1 Å². The first kappa shape index (κ1) is 12.8. The maximum Gasteiger partial charge on any atom is 0.163 e. The monoisotopic (exact) mass is 356 g/mol. The SMILES string of the molecule is Brc1ncccc1-c1ccc2c(c1)Nc1nccnc1S2. The smallest absolute Gasteiger partial charge is 0.163 e. The molecule has 0 radical (unpaired) electrons. The van der Waals surface area contributed by atoms with Gasteiger partial charge in [-0.2, -0.15) is 0 Å². The lowest BCUT2D eigenvalue weighted by Gasteiger charge is -2.19. The molecular formula is C15H9BrN4S. The van der Waals surface area contributed by atoms with Crippen molar-refractivity contribution in [2.75, 3.05) is 5.32 Å². The molecule has 3 heterocycles. The van der Waals surface area contributed by atoms with Gasteiger partial charge in [0.15, 0.2) is 5.82 Å². The Hall–Kier alpha value is -1.92. The second-order valence-electron chi connectivity index (χ2n) is 4.49. The number of fused-ring (bicyclic) bond motifs is 2. The van der Waals surface area contributed by atoms with Crippen molar-refractivity contribution in [1.82, 2.24) is 15.0 Å². The van der Waals surface area contributed by atoms with Crippen LogP contribution in [0, 0.1) is 0 Å². The molecule has 102 valence electrons. The van der Waals surface area contributed by atoms with E-state index in [1.54, 1.807) is 30.4 Å². The molecule has 6 heteroatoms. The number of rotatable bonds is 1. The number of nitrogens with one attached hydrogen (secondary N) is 1. The van der Waals surface area contributed by atoms with Crippen LogP contribution in [0.4, 0.5) is 11.5 Å². The zero-order valence-corrected chi connectivity index (χ0v) is 13.1. The molecule has 21 heavy (non-hydrogen) atoms. The summed E-state index contributed by atoms with van der Waals surface area (Å²) in [6.07, 6.45) is 5.17. The highest BCUT2D eigenvalue weighted by atomic mass is 79.9. The van der Waals surface area contributed by atoms with Gasteiger partial charge >= 0.3 is 0 Å². The predicted molar refractivity (Wildman–Crippen MR) is 86.8 cm³/mol. The fraction of sp³-hybridized carbons (Fsp3) is 0. The summed E-state index contributed by atoms with van der Waals surface area (Å²) in [6.45, 7) is 0. The molecule has 0 amide bonds. The van der Waals surface area contributed by atoms with Crippen LogP contribution in [0.3, 0.4) is 0 Å². The molecule has 0 saturated carbocycles. The normalized spacial score (nSPS) is 12.2. The Morgan fingerprint density at radius 3 is 2.81 bits per heavy atom. The van der Waals surface area contributed by atoms with Crippen LogP contribution < -0.4 is 5.32 Å². The van der Waals surface area contributed by atoms with E-state index in [0.29, 0.717) is 0 Å². The molecule has 0 spiro atoms. The zero-order chi connectivity index (χ0) is 14.2. The van der Waals surface area contributed by atoms with Gasteiger partial charge in [-0.3, -0.25) is 0 Å². The van der Waals surface area contributed by atoms with Crippen molar-refractivity contribution in [3.63, 3.8) is 0 Å². The van der Waals surface area contributed by atoms with E-state index in [9.17, 15) is 0 Å². The standard InChI is InChI=1S/C15H9BrN4S/c16-13-10(2-1-5-17-13)9-3-4-12-11(8-9)20-14-15(21-12)19-7-6-18-14/h1-8H,(H,18,20). The van der Waals surface area contributed by atoms with E-state index in [0.717, 1.165) is 37.2 Å². The molecule has 4 rings (SSSR count). The largest absolute Gasteiger partial charge is 0.337 e. The van der Waals surface area contributed by atoms with Gasteiger partial charge < -0.3 is 5.32 Å². The summed E-state index contributed by atoms with van der Waals surface area (Å²) in [7, 11) is 0. The van der Waals surface area contributed by atoms with Crippen molar-refractivity contribution in [3.05, 3.63) is 53.5 Å². The number of anilines is 2. The second-order valence-corrected chi connectivity index (χ2v) is 6.27. The fourth-order valence-corrected chi connectivity index (χ4v) is 3.56. The average Bonchev–Trinajstić information content (AvgIpc) is 2.53. The van der Waals surface area contributed by atoms with E-state index < -0.39 is 0 Å². The van der Waals surface area contributed by atoms with Gasteiger partial charge in [0.1, 0.15) is 9.63 Å². The molecular weight excluding hydrogens is 348 g/mol. The molecule has 3 aromatic rings. The first-order chi connectivity index (χ1) is 10.3. The molecule has 0 atom stereocenters. The van der Waals surface area contributed by atoms with Crippen LogP contribution in [0.1, 0.15) is 0 Å².